The average molecular weight is 343 g/mol. The van der Waals surface area contributed by atoms with Crippen molar-refractivity contribution in [1.29, 1.82) is 0 Å². The molecule has 2 aromatic carbocycles. The average Bonchev–Trinajstić information content (AvgIpc) is 2.95. The minimum atomic E-state index is -0.264. The van der Waals surface area contributed by atoms with Crippen molar-refractivity contribution in [3.63, 3.8) is 0 Å². The van der Waals surface area contributed by atoms with Gasteiger partial charge in [-0.25, -0.2) is 4.99 Å². The molecule has 1 N–H and O–H groups in total. The zero-order chi connectivity index (χ0) is 17.1. The molecule has 0 saturated heterocycles. The molecule has 1 heterocycles. The molecule has 1 aliphatic heterocycles. The Morgan fingerprint density at radius 1 is 1.08 bits per heavy atom. The molecule has 0 spiro atoms. The van der Waals surface area contributed by atoms with Gasteiger partial charge in [-0.2, -0.15) is 0 Å². The molecule has 3 rings (SSSR count). The number of hydrogen-bond donors (Lipinski definition) is 1. The van der Waals surface area contributed by atoms with Crippen LogP contribution in [0.1, 0.15) is 11.1 Å². The Kier molecular flexibility index (Phi) is 4.53. The number of ether oxygens (including phenoxy) is 2. The third-order valence-electron chi connectivity index (χ3n) is 3.51. The molecule has 1 amide bonds. The minimum Gasteiger partial charge on any atom is -0.493 e. The Morgan fingerprint density at radius 3 is 2.58 bits per heavy atom. The molecule has 0 aromatic heterocycles. The quantitative estimate of drug-likeness (QED) is 0.867. The Labute approximate surface area is 144 Å². The van der Waals surface area contributed by atoms with Gasteiger partial charge in [-0.05, 0) is 35.9 Å². The Morgan fingerprint density at radius 2 is 1.88 bits per heavy atom. The largest absolute Gasteiger partial charge is 0.493 e. The molecule has 122 valence electrons. The molecule has 0 radical (unpaired) electrons. The third kappa shape index (κ3) is 3.26. The van der Waals surface area contributed by atoms with Gasteiger partial charge in [0, 0.05) is 10.6 Å². The molecule has 0 saturated carbocycles. The second-order valence-corrected chi connectivity index (χ2v) is 5.51. The van der Waals surface area contributed by atoms with Crippen LogP contribution in [-0.4, -0.2) is 26.0 Å². The van der Waals surface area contributed by atoms with Gasteiger partial charge in [0.2, 0.25) is 0 Å². The molecular weight excluding hydrogens is 328 g/mol. The van der Waals surface area contributed by atoms with Crippen LogP contribution in [0, 0.1) is 0 Å². The van der Waals surface area contributed by atoms with Crippen molar-refractivity contribution in [2.75, 3.05) is 14.2 Å². The van der Waals surface area contributed by atoms with Crippen molar-refractivity contribution < 1.29 is 14.3 Å². The first-order valence-corrected chi connectivity index (χ1v) is 7.58. The van der Waals surface area contributed by atoms with Crippen LogP contribution in [0.5, 0.6) is 11.5 Å². The summed E-state index contributed by atoms with van der Waals surface area (Å²) in [5.74, 6) is 1.43. The summed E-state index contributed by atoms with van der Waals surface area (Å²) < 4.78 is 10.5. The van der Waals surface area contributed by atoms with E-state index in [1.807, 2.05) is 18.2 Å². The minimum absolute atomic E-state index is 0.264. The normalized spacial score (nSPS) is 15.2. The van der Waals surface area contributed by atoms with Crippen molar-refractivity contribution in [3.8, 4) is 11.5 Å². The first kappa shape index (κ1) is 16.1. The predicted molar refractivity (Wildman–Crippen MR) is 93.7 cm³/mol. The summed E-state index contributed by atoms with van der Waals surface area (Å²) in [6.07, 6.45) is 1.69. The lowest BCUT2D eigenvalue weighted by Gasteiger charge is -2.07. The van der Waals surface area contributed by atoms with Crippen LogP contribution in [0.25, 0.3) is 6.08 Å². The van der Waals surface area contributed by atoms with Gasteiger partial charge < -0.3 is 14.8 Å². The molecule has 0 fully saturated rings. The lowest BCUT2D eigenvalue weighted by atomic mass is 10.1. The lowest BCUT2D eigenvalue weighted by Crippen LogP contribution is -2.24. The van der Waals surface area contributed by atoms with E-state index in [1.165, 1.54) is 0 Å². The van der Waals surface area contributed by atoms with Gasteiger partial charge in [-0.1, -0.05) is 29.8 Å². The number of amidine groups is 1. The first-order valence-electron chi connectivity index (χ1n) is 7.20. The molecule has 2 aromatic rings. The SMILES string of the molecule is COc1ccc(/C=C2/N=C(c3cccc(Cl)c3)NC2=O)cc1OC. The van der Waals surface area contributed by atoms with E-state index in [9.17, 15) is 4.79 Å². The van der Waals surface area contributed by atoms with Crippen LogP contribution in [0.15, 0.2) is 53.2 Å². The Hall–Kier alpha value is -2.79. The summed E-state index contributed by atoms with van der Waals surface area (Å²) in [6, 6.07) is 12.6. The maximum absolute atomic E-state index is 12.1. The number of aliphatic imine (C=N–C) groups is 1. The predicted octanol–water partition coefficient (Wildman–Crippen LogP) is 3.27. The standard InChI is InChI=1S/C18H15ClN2O3/c1-23-15-7-6-11(9-16(15)24-2)8-14-18(22)21-17(20-14)12-4-3-5-13(19)10-12/h3-10H,1-2H3,(H,20,21,22)/b14-8+. The molecule has 1 aliphatic rings. The highest BCUT2D eigenvalue weighted by Gasteiger charge is 2.21. The van der Waals surface area contributed by atoms with Gasteiger partial charge in [0.05, 0.1) is 14.2 Å². The molecule has 0 atom stereocenters. The van der Waals surface area contributed by atoms with E-state index >= 15 is 0 Å². The number of amides is 1. The summed E-state index contributed by atoms with van der Waals surface area (Å²) in [6.45, 7) is 0. The zero-order valence-electron chi connectivity index (χ0n) is 13.2. The van der Waals surface area contributed by atoms with Crippen molar-refractivity contribution in [2.24, 2.45) is 4.99 Å². The number of benzene rings is 2. The van der Waals surface area contributed by atoms with Crippen LogP contribution in [0.2, 0.25) is 5.02 Å². The zero-order valence-corrected chi connectivity index (χ0v) is 13.9. The van der Waals surface area contributed by atoms with Crippen LogP contribution in [0.4, 0.5) is 0 Å². The van der Waals surface area contributed by atoms with Crippen LogP contribution < -0.4 is 14.8 Å². The van der Waals surface area contributed by atoms with Gasteiger partial charge in [-0.15, -0.1) is 0 Å². The fraction of sp³-hybridized carbons (Fsp3) is 0.111. The molecule has 5 nitrogen and oxygen atoms in total. The second kappa shape index (κ2) is 6.76. The van der Waals surface area contributed by atoms with Gasteiger partial charge in [0.15, 0.2) is 11.5 Å². The molecular formula is C18H15ClN2O3. The van der Waals surface area contributed by atoms with E-state index in [-0.39, 0.29) is 5.91 Å². The van der Waals surface area contributed by atoms with Crippen LogP contribution in [-0.2, 0) is 4.79 Å². The van der Waals surface area contributed by atoms with Crippen molar-refractivity contribution >= 4 is 29.4 Å². The van der Waals surface area contributed by atoms with Gasteiger partial charge in [-0.3, -0.25) is 4.79 Å². The van der Waals surface area contributed by atoms with Gasteiger partial charge >= 0.3 is 0 Å². The summed E-state index contributed by atoms with van der Waals surface area (Å²) in [7, 11) is 3.13. The Bertz CT molecular complexity index is 859. The Balaban J connectivity index is 1.94. The summed E-state index contributed by atoms with van der Waals surface area (Å²) >= 11 is 5.98. The monoisotopic (exact) mass is 342 g/mol. The number of methoxy groups -OCH3 is 2. The fourth-order valence-electron chi connectivity index (χ4n) is 2.34. The highest BCUT2D eigenvalue weighted by molar-refractivity contribution is 6.31. The number of halogens is 1. The van der Waals surface area contributed by atoms with Crippen LogP contribution in [0.3, 0.4) is 0 Å². The van der Waals surface area contributed by atoms with Crippen molar-refractivity contribution in [1.82, 2.24) is 5.32 Å². The van der Waals surface area contributed by atoms with E-state index in [0.717, 1.165) is 11.1 Å². The summed E-state index contributed by atoms with van der Waals surface area (Å²) in [5.41, 5.74) is 1.86. The van der Waals surface area contributed by atoms with Crippen LogP contribution >= 0.6 is 11.6 Å². The smallest absolute Gasteiger partial charge is 0.275 e. The number of nitrogens with one attached hydrogen (secondary N) is 1. The van der Waals surface area contributed by atoms with E-state index in [2.05, 4.69) is 10.3 Å². The summed E-state index contributed by atoms with van der Waals surface area (Å²) in [5, 5.41) is 3.33. The van der Waals surface area contributed by atoms with Gasteiger partial charge in [0.1, 0.15) is 11.5 Å². The molecule has 6 heteroatoms. The first-order chi connectivity index (χ1) is 11.6. The highest BCUT2D eigenvalue weighted by atomic mass is 35.5. The molecule has 0 unspecified atom stereocenters. The maximum Gasteiger partial charge on any atom is 0.275 e. The van der Waals surface area contributed by atoms with E-state index < -0.39 is 0 Å². The fourth-order valence-corrected chi connectivity index (χ4v) is 2.53. The summed E-state index contributed by atoms with van der Waals surface area (Å²) in [4.78, 5) is 16.5. The van der Waals surface area contributed by atoms with E-state index in [4.69, 9.17) is 21.1 Å². The van der Waals surface area contributed by atoms with Crippen molar-refractivity contribution in [3.05, 3.63) is 64.3 Å². The van der Waals surface area contributed by atoms with Gasteiger partial charge in [0.25, 0.3) is 5.91 Å². The second-order valence-electron chi connectivity index (χ2n) is 5.07. The lowest BCUT2D eigenvalue weighted by molar-refractivity contribution is -0.115. The number of rotatable bonds is 4. The van der Waals surface area contributed by atoms with E-state index in [0.29, 0.717) is 28.1 Å². The maximum atomic E-state index is 12.1. The third-order valence-corrected chi connectivity index (χ3v) is 3.74. The topological polar surface area (TPSA) is 59.9 Å². The number of carbonyl (C=O) groups is 1. The highest BCUT2D eigenvalue weighted by Crippen LogP contribution is 2.29. The molecule has 0 bridgehead atoms. The molecule has 0 aliphatic carbocycles. The number of hydrogen-bond acceptors (Lipinski definition) is 4. The molecule has 24 heavy (non-hydrogen) atoms. The van der Waals surface area contributed by atoms with Crippen molar-refractivity contribution in [2.45, 2.75) is 0 Å². The number of nitrogens with zero attached hydrogens (tertiary/aromatic N) is 1. The number of carbonyl (C=O) groups excluding carboxylic acids is 1. The van der Waals surface area contributed by atoms with E-state index in [1.54, 1.807) is 44.6 Å².